The van der Waals surface area contributed by atoms with Crippen molar-refractivity contribution in [2.75, 3.05) is 0 Å². The van der Waals surface area contributed by atoms with Crippen LogP contribution in [0, 0.1) is 5.41 Å². The van der Waals surface area contributed by atoms with Crippen LogP contribution in [0.2, 0.25) is 0 Å². The van der Waals surface area contributed by atoms with E-state index in [1.165, 1.54) is 38.5 Å². The average molecular weight is 312 g/mol. The summed E-state index contributed by atoms with van der Waals surface area (Å²) in [5, 5.41) is 0.945. The third-order valence-corrected chi connectivity index (χ3v) is 5.04. The van der Waals surface area contributed by atoms with E-state index in [1.54, 1.807) is 0 Å². The topological polar surface area (TPSA) is 17.1 Å². The van der Waals surface area contributed by atoms with Gasteiger partial charge >= 0.3 is 0 Å². The molecule has 0 N–H and O–H groups in total. The second-order valence-electron chi connectivity index (χ2n) is 6.50. The minimum absolute atomic E-state index is 0.0904. The predicted octanol–water partition coefficient (Wildman–Crippen LogP) is 6.62. The van der Waals surface area contributed by atoms with E-state index in [1.807, 2.05) is 0 Å². The lowest BCUT2D eigenvalue weighted by atomic mass is 9.70. The van der Waals surface area contributed by atoms with E-state index >= 15 is 0 Å². The standard InChI is InChI=1S/C19H37OP/c1-5-9-13-17(21)18(20)19(14-10-6-2,15-11-7-3)16-12-8-4/h21H,5-16H2,1-4H3. The van der Waals surface area contributed by atoms with E-state index < -0.39 is 0 Å². The molecule has 0 aromatic carbocycles. The normalized spacial score (nSPS) is 11.6. The minimum atomic E-state index is -0.0904. The van der Waals surface area contributed by atoms with Crippen molar-refractivity contribution < 1.29 is 4.79 Å². The largest absolute Gasteiger partial charge is 0.294 e. The summed E-state index contributed by atoms with van der Waals surface area (Å²) in [5.74, 6) is 0.419. The number of carbonyl (C=O) groups excluding carboxylic acids is 1. The van der Waals surface area contributed by atoms with E-state index in [2.05, 4.69) is 36.6 Å². The van der Waals surface area contributed by atoms with Crippen molar-refractivity contribution >= 4 is 19.9 Å². The van der Waals surface area contributed by atoms with Gasteiger partial charge in [0.05, 0.1) is 0 Å². The van der Waals surface area contributed by atoms with Crippen LogP contribution in [0.4, 0.5) is 0 Å². The Hall–Kier alpha value is -0.160. The Morgan fingerprint density at radius 1 is 0.762 bits per heavy atom. The first-order valence-corrected chi connectivity index (χ1v) is 9.70. The van der Waals surface area contributed by atoms with Crippen molar-refractivity contribution in [3.63, 3.8) is 0 Å². The van der Waals surface area contributed by atoms with Gasteiger partial charge in [0, 0.05) is 10.7 Å². The van der Waals surface area contributed by atoms with Crippen LogP contribution in [0.5, 0.6) is 0 Å². The van der Waals surface area contributed by atoms with Crippen molar-refractivity contribution in [2.45, 2.75) is 105 Å². The monoisotopic (exact) mass is 312 g/mol. The summed E-state index contributed by atoms with van der Waals surface area (Å²) in [6, 6.07) is 0. The summed E-state index contributed by atoms with van der Waals surface area (Å²) < 4.78 is 0. The highest BCUT2D eigenvalue weighted by atomic mass is 31.0. The quantitative estimate of drug-likeness (QED) is 0.329. The van der Waals surface area contributed by atoms with E-state index in [0.717, 1.165) is 43.8 Å². The molecule has 1 nitrogen and oxygen atoms in total. The van der Waals surface area contributed by atoms with E-state index in [-0.39, 0.29) is 5.41 Å². The van der Waals surface area contributed by atoms with Gasteiger partial charge in [-0.2, -0.15) is 0 Å². The van der Waals surface area contributed by atoms with E-state index in [9.17, 15) is 4.79 Å². The maximum atomic E-state index is 13.1. The van der Waals surface area contributed by atoms with Crippen molar-refractivity contribution in [3.05, 3.63) is 0 Å². The molecule has 0 aromatic rings. The molecule has 0 heterocycles. The summed E-state index contributed by atoms with van der Waals surface area (Å²) in [6.45, 7) is 8.86. The van der Waals surface area contributed by atoms with Gasteiger partial charge in [-0.05, 0) is 32.1 Å². The van der Waals surface area contributed by atoms with Crippen molar-refractivity contribution in [3.8, 4) is 0 Å². The van der Waals surface area contributed by atoms with Gasteiger partial charge in [-0.1, -0.05) is 72.6 Å². The molecule has 21 heavy (non-hydrogen) atoms. The molecule has 0 aliphatic rings. The molecule has 0 aliphatic carbocycles. The number of hydrogen-bond donors (Lipinski definition) is 0. The maximum absolute atomic E-state index is 13.1. The molecule has 0 bridgehead atoms. The van der Waals surface area contributed by atoms with Crippen molar-refractivity contribution in [2.24, 2.45) is 5.41 Å². The molecule has 0 unspecified atom stereocenters. The number of hydrogen-bond acceptors (Lipinski definition) is 1. The van der Waals surface area contributed by atoms with Gasteiger partial charge in [0.25, 0.3) is 0 Å². The SMILES string of the molecule is CCCCC(=P)C(=O)C(CCCC)(CCCC)CCCC. The zero-order valence-electron chi connectivity index (χ0n) is 14.9. The van der Waals surface area contributed by atoms with Gasteiger partial charge in [-0.3, -0.25) is 4.79 Å². The Bertz CT molecular complexity index is 274. The highest BCUT2D eigenvalue weighted by Crippen LogP contribution is 2.38. The van der Waals surface area contributed by atoms with Crippen molar-refractivity contribution in [1.29, 1.82) is 0 Å². The Kier molecular flexibility index (Phi) is 12.3. The lowest BCUT2D eigenvalue weighted by Gasteiger charge is -2.33. The Labute approximate surface area is 135 Å². The smallest absolute Gasteiger partial charge is 0.168 e. The van der Waals surface area contributed by atoms with Gasteiger partial charge in [0.1, 0.15) is 0 Å². The summed E-state index contributed by atoms with van der Waals surface area (Å²) in [7, 11) is 3.68. The molecular weight excluding hydrogens is 275 g/mol. The second kappa shape index (κ2) is 12.4. The first-order chi connectivity index (χ1) is 10.1. The zero-order chi connectivity index (χ0) is 16.1. The van der Waals surface area contributed by atoms with Crippen molar-refractivity contribution in [1.82, 2.24) is 0 Å². The molecular formula is C19H37OP. The third kappa shape index (κ3) is 7.59. The van der Waals surface area contributed by atoms with Gasteiger partial charge < -0.3 is 0 Å². The first-order valence-electron chi connectivity index (χ1n) is 9.20. The molecule has 0 spiro atoms. The van der Waals surface area contributed by atoms with E-state index in [4.69, 9.17) is 0 Å². The molecule has 0 saturated heterocycles. The summed E-state index contributed by atoms with van der Waals surface area (Å²) in [5.41, 5.74) is -0.0904. The van der Waals surface area contributed by atoms with Crippen LogP contribution in [0.1, 0.15) is 105 Å². The summed E-state index contributed by atoms with van der Waals surface area (Å²) >= 11 is 0. The molecule has 0 atom stereocenters. The van der Waals surface area contributed by atoms with Crippen LogP contribution in [0.15, 0.2) is 0 Å². The minimum Gasteiger partial charge on any atom is -0.294 e. The Balaban J connectivity index is 5.07. The predicted molar refractivity (Wildman–Crippen MR) is 98.9 cm³/mol. The highest BCUT2D eigenvalue weighted by Gasteiger charge is 2.37. The number of Topliss-reactive ketones (excluding diaryl/α,β-unsaturated/α-hetero) is 1. The molecule has 0 amide bonds. The summed E-state index contributed by atoms with van der Waals surface area (Å²) in [6.07, 6.45) is 13.4. The molecule has 0 radical (unpaired) electrons. The third-order valence-electron chi connectivity index (χ3n) is 4.56. The van der Waals surface area contributed by atoms with Gasteiger partial charge in [0.15, 0.2) is 5.78 Å². The van der Waals surface area contributed by atoms with Crippen LogP contribution in [-0.2, 0) is 4.79 Å². The first kappa shape index (κ1) is 20.8. The molecule has 0 fully saturated rings. The van der Waals surface area contributed by atoms with Crippen LogP contribution in [-0.4, -0.2) is 11.1 Å². The lowest BCUT2D eigenvalue weighted by molar-refractivity contribution is -0.123. The second-order valence-corrected chi connectivity index (χ2v) is 7.11. The Morgan fingerprint density at radius 2 is 1.14 bits per heavy atom. The fraction of sp³-hybridized carbons (Fsp3) is 0.895. The zero-order valence-corrected chi connectivity index (χ0v) is 15.9. The van der Waals surface area contributed by atoms with Gasteiger partial charge in [-0.15, -0.1) is 8.86 Å². The van der Waals surface area contributed by atoms with Gasteiger partial charge in [0.2, 0.25) is 0 Å². The number of rotatable bonds is 14. The van der Waals surface area contributed by atoms with Crippen LogP contribution in [0.25, 0.3) is 0 Å². The Morgan fingerprint density at radius 3 is 1.48 bits per heavy atom. The molecule has 0 rings (SSSR count). The summed E-state index contributed by atoms with van der Waals surface area (Å²) in [4.78, 5) is 13.1. The van der Waals surface area contributed by atoms with E-state index in [0.29, 0.717) is 5.78 Å². The molecule has 0 saturated carbocycles. The molecule has 0 aliphatic heterocycles. The molecule has 2 heteroatoms. The van der Waals surface area contributed by atoms with Crippen LogP contribution in [0.3, 0.4) is 0 Å². The number of carbonyl (C=O) groups is 1. The fourth-order valence-corrected chi connectivity index (χ4v) is 3.49. The fourth-order valence-electron chi connectivity index (χ4n) is 3.05. The average Bonchev–Trinajstić information content (AvgIpc) is 2.51. The maximum Gasteiger partial charge on any atom is 0.168 e. The van der Waals surface area contributed by atoms with Gasteiger partial charge in [-0.25, -0.2) is 0 Å². The molecule has 124 valence electrons. The number of unbranched alkanes of at least 4 members (excludes halogenated alkanes) is 4. The number of ketones is 1. The van der Waals surface area contributed by atoms with Crippen LogP contribution >= 0.6 is 8.86 Å². The highest BCUT2D eigenvalue weighted by molar-refractivity contribution is 7.25. The van der Waals surface area contributed by atoms with Crippen LogP contribution < -0.4 is 0 Å². The molecule has 0 aromatic heterocycles. The lowest BCUT2D eigenvalue weighted by Crippen LogP contribution is -2.36.